The van der Waals surface area contributed by atoms with Crippen LogP contribution in [0.3, 0.4) is 0 Å². The number of benzene rings is 1. The fourth-order valence-corrected chi connectivity index (χ4v) is 3.15. The zero-order valence-corrected chi connectivity index (χ0v) is 15.4. The summed E-state index contributed by atoms with van der Waals surface area (Å²) in [6.45, 7) is 1.38. The number of likely N-dealkylation sites (tertiary alicyclic amines) is 1. The Morgan fingerprint density at radius 2 is 2.16 bits per heavy atom. The topological polar surface area (TPSA) is 47.0 Å². The zero-order chi connectivity index (χ0) is 17.8. The number of nitrogens with zero attached hydrogens (tertiary/aromatic N) is 3. The van der Waals surface area contributed by atoms with Crippen LogP contribution in [0.15, 0.2) is 41.5 Å². The van der Waals surface area contributed by atoms with Crippen molar-refractivity contribution in [3.8, 4) is 11.6 Å². The smallest absolute Gasteiger partial charge is 0.213 e. The summed E-state index contributed by atoms with van der Waals surface area (Å²) in [6.07, 6.45) is 3.64. The van der Waals surface area contributed by atoms with E-state index in [0.29, 0.717) is 24.7 Å². The summed E-state index contributed by atoms with van der Waals surface area (Å²) in [7, 11) is 1.58. The van der Waals surface area contributed by atoms with Gasteiger partial charge in [-0.3, -0.25) is 0 Å². The van der Waals surface area contributed by atoms with E-state index < -0.39 is 0 Å². The summed E-state index contributed by atoms with van der Waals surface area (Å²) in [4.78, 5) is 10.9. The summed E-state index contributed by atoms with van der Waals surface area (Å²) in [5, 5.41) is 1.17. The summed E-state index contributed by atoms with van der Waals surface area (Å²) < 4.78 is 23.9. The second kappa shape index (κ2) is 7.93. The molecule has 1 aromatic heterocycles. The molecule has 0 spiro atoms. The Morgan fingerprint density at radius 1 is 1.36 bits per heavy atom. The number of halogens is 2. The van der Waals surface area contributed by atoms with Gasteiger partial charge in [0.25, 0.3) is 0 Å². The van der Waals surface area contributed by atoms with Gasteiger partial charge in [-0.1, -0.05) is 23.4 Å². The van der Waals surface area contributed by atoms with Crippen LogP contribution >= 0.6 is 23.4 Å². The number of hydrogen-bond donors (Lipinski definition) is 0. The average Bonchev–Trinajstić information content (AvgIpc) is 2.58. The quantitative estimate of drug-likeness (QED) is 0.591. The molecular formula is C17H17ClFN3O2S. The highest BCUT2D eigenvalue weighted by Crippen LogP contribution is 2.29. The lowest BCUT2D eigenvalue weighted by atomic mass is 10.2. The summed E-state index contributed by atoms with van der Waals surface area (Å²) in [5.74, 6) is 0.672. The van der Waals surface area contributed by atoms with Gasteiger partial charge in [0.2, 0.25) is 5.88 Å². The van der Waals surface area contributed by atoms with Gasteiger partial charge in [0.05, 0.1) is 37.1 Å². The molecule has 0 N–H and O–H groups in total. The van der Waals surface area contributed by atoms with E-state index in [-0.39, 0.29) is 16.9 Å². The molecule has 132 valence electrons. The maximum atomic E-state index is 13.1. The Hall–Kier alpha value is -1.99. The minimum absolute atomic E-state index is 0.00527. The molecule has 25 heavy (non-hydrogen) atoms. The summed E-state index contributed by atoms with van der Waals surface area (Å²) in [6, 6.07) is 7.76. The van der Waals surface area contributed by atoms with E-state index in [9.17, 15) is 4.39 Å². The molecule has 1 saturated heterocycles. The van der Waals surface area contributed by atoms with Crippen molar-refractivity contribution in [1.82, 2.24) is 9.88 Å². The number of pyridine rings is 1. The number of aromatic nitrogens is 1. The van der Waals surface area contributed by atoms with Gasteiger partial charge in [-0.15, -0.1) is 0 Å². The molecule has 2 heterocycles. The fourth-order valence-electron chi connectivity index (χ4n) is 2.33. The summed E-state index contributed by atoms with van der Waals surface area (Å²) >= 11 is 7.55. The summed E-state index contributed by atoms with van der Waals surface area (Å²) in [5.41, 5.74) is 0.760. The van der Waals surface area contributed by atoms with Crippen molar-refractivity contribution in [3.63, 3.8) is 0 Å². The highest BCUT2D eigenvalue weighted by Gasteiger charge is 2.31. The van der Waals surface area contributed by atoms with Crippen LogP contribution in [0.25, 0.3) is 0 Å². The predicted molar refractivity (Wildman–Crippen MR) is 98.8 cm³/mol. The van der Waals surface area contributed by atoms with Gasteiger partial charge >= 0.3 is 0 Å². The van der Waals surface area contributed by atoms with Crippen molar-refractivity contribution in [1.29, 1.82) is 0 Å². The van der Waals surface area contributed by atoms with Crippen LogP contribution in [-0.2, 0) is 0 Å². The molecule has 0 unspecified atom stereocenters. The Kier molecular flexibility index (Phi) is 5.65. The second-order valence-corrected chi connectivity index (χ2v) is 6.56. The first-order valence-corrected chi connectivity index (χ1v) is 9.18. The highest BCUT2D eigenvalue weighted by atomic mass is 35.5. The van der Waals surface area contributed by atoms with Crippen molar-refractivity contribution in [2.24, 2.45) is 4.99 Å². The maximum Gasteiger partial charge on any atom is 0.213 e. The van der Waals surface area contributed by atoms with E-state index in [2.05, 4.69) is 14.9 Å². The second-order valence-electron chi connectivity index (χ2n) is 5.38. The third kappa shape index (κ3) is 4.35. The van der Waals surface area contributed by atoms with Crippen LogP contribution in [0, 0.1) is 5.82 Å². The lowest BCUT2D eigenvalue weighted by Gasteiger charge is -2.40. The number of aliphatic imine (C=N–C) groups is 1. The van der Waals surface area contributed by atoms with E-state index in [1.807, 2.05) is 12.3 Å². The van der Waals surface area contributed by atoms with Gasteiger partial charge in [-0.05, 0) is 30.5 Å². The molecule has 1 fully saturated rings. The molecule has 0 aliphatic carbocycles. The predicted octanol–water partition coefficient (Wildman–Crippen LogP) is 4.00. The first-order valence-electron chi connectivity index (χ1n) is 7.58. The Balaban J connectivity index is 1.60. The number of thioether (sulfide) groups is 1. The normalized spacial score (nSPS) is 15.0. The van der Waals surface area contributed by atoms with Crippen LogP contribution < -0.4 is 9.47 Å². The first-order chi connectivity index (χ1) is 12.1. The van der Waals surface area contributed by atoms with Gasteiger partial charge in [0.15, 0.2) is 5.17 Å². The third-order valence-corrected chi connectivity index (χ3v) is 4.65. The molecule has 0 saturated carbocycles. The largest absolute Gasteiger partial charge is 0.485 e. The van der Waals surface area contributed by atoms with Crippen molar-refractivity contribution in [2.75, 3.05) is 26.5 Å². The number of rotatable bonds is 4. The molecule has 3 rings (SSSR count). The monoisotopic (exact) mass is 381 g/mol. The van der Waals surface area contributed by atoms with Crippen LogP contribution in [0.5, 0.6) is 11.6 Å². The fraction of sp³-hybridized carbons (Fsp3) is 0.294. The van der Waals surface area contributed by atoms with E-state index in [0.717, 1.165) is 10.9 Å². The number of methoxy groups -OCH3 is 1. The van der Waals surface area contributed by atoms with Crippen molar-refractivity contribution in [3.05, 3.63) is 47.4 Å². The molecule has 0 amide bonds. The molecule has 8 heteroatoms. The lowest BCUT2D eigenvalue weighted by Crippen LogP contribution is -2.55. The standard InChI is InChI=1S/C17H17ClFN3O2S/c1-23-16-6-4-12(8-20-16)21-17(25-2)22-9-13(10-22)24-15-5-3-11(19)7-14(15)18/h3-8,13H,9-10H2,1-2H3. The highest BCUT2D eigenvalue weighted by molar-refractivity contribution is 8.13. The van der Waals surface area contributed by atoms with Crippen LogP contribution in [0.2, 0.25) is 5.02 Å². The molecular weight excluding hydrogens is 365 g/mol. The van der Waals surface area contributed by atoms with E-state index in [1.165, 1.54) is 12.1 Å². The number of amidine groups is 1. The minimum Gasteiger partial charge on any atom is -0.485 e. The molecule has 1 aliphatic heterocycles. The van der Waals surface area contributed by atoms with Gasteiger partial charge in [-0.25, -0.2) is 14.4 Å². The van der Waals surface area contributed by atoms with E-state index >= 15 is 0 Å². The molecule has 1 aromatic carbocycles. The van der Waals surface area contributed by atoms with Gasteiger partial charge in [0.1, 0.15) is 17.7 Å². The van der Waals surface area contributed by atoms with E-state index in [1.54, 1.807) is 37.2 Å². The van der Waals surface area contributed by atoms with Crippen molar-refractivity contribution < 1.29 is 13.9 Å². The van der Waals surface area contributed by atoms with Gasteiger partial charge in [0, 0.05) is 6.07 Å². The van der Waals surface area contributed by atoms with Crippen LogP contribution in [0.1, 0.15) is 0 Å². The van der Waals surface area contributed by atoms with Crippen molar-refractivity contribution in [2.45, 2.75) is 6.10 Å². The van der Waals surface area contributed by atoms with E-state index in [4.69, 9.17) is 21.1 Å². The minimum atomic E-state index is -0.377. The SMILES string of the molecule is COc1ccc(N=C(SC)N2CC(Oc3ccc(F)cc3Cl)C2)cn1. The van der Waals surface area contributed by atoms with Crippen LogP contribution in [-0.4, -0.2) is 47.6 Å². The Morgan fingerprint density at radius 3 is 2.76 bits per heavy atom. The zero-order valence-electron chi connectivity index (χ0n) is 13.8. The lowest BCUT2D eigenvalue weighted by molar-refractivity contribution is 0.0700. The molecule has 1 aliphatic rings. The molecule has 2 aromatic rings. The third-order valence-electron chi connectivity index (χ3n) is 3.64. The number of ether oxygens (including phenoxy) is 2. The van der Waals surface area contributed by atoms with Crippen molar-refractivity contribution >= 4 is 34.2 Å². The number of hydrogen-bond acceptors (Lipinski definition) is 5. The first kappa shape index (κ1) is 17.8. The Labute approximate surface area is 154 Å². The molecule has 5 nitrogen and oxygen atoms in total. The van der Waals surface area contributed by atoms with Crippen LogP contribution in [0.4, 0.5) is 10.1 Å². The molecule has 0 bridgehead atoms. The maximum absolute atomic E-state index is 13.1. The Bertz CT molecular complexity index is 767. The molecule has 0 atom stereocenters. The van der Waals surface area contributed by atoms with Gasteiger partial charge < -0.3 is 14.4 Å². The van der Waals surface area contributed by atoms with Gasteiger partial charge in [-0.2, -0.15) is 0 Å². The molecule has 0 radical (unpaired) electrons. The average molecular weight is 382 g/mol.